The van der Waals surface area contributed by atoms with Gasteiger partial charge in [0.25, 0.3) is 0 Å². The van der Waals surface area contributed by atoms with Crippen LogP contribution in [-0.4, -0.2) is 11.9 Å². The number of hydrogen-bond donors (Lipinski definition) is 0. The number of ether oxygens (including phenoxy) is 1. The Bertz CT molecular complexity index is 403. The van der Waals surface area contributed by atoms with Crippen LogP contribution in [0.15, 0.2) is 36.5 Å². The Hall–Kier alpha value is -1.64. The Kier molecular flexibility index (Phi) is 1.56. The first-order valence-electron chi connectivity index (χ1n) is 4.30. The Labute approximate surface area is 81.7 Å². The second-order valence-electron chi connectivity index (χ2n) is 3.81. The van der Waals surface area contributed by atoms with Gasteiger partial charge >= 0.3 is 11.9 Å². The summed E-state index contributed by atoms with van der Waals surface area (Å²) in [5.41, 5.74) is 0.375. The molecule has 0 spiro atoms. The molecule has 14 heavy (non-hydrogen) atoms. The molecule has 1 saturated heterocycles. The van der Waals surface area contributed by atoms with E-state index in [0.29, 0.717) is 11.1 Å². The van der Waals surface area contributed by atoms with E-state index in [1.165, 1.54) is 0 Å². The van der Waals surface area contributed by atoms with Crippen molar-refractivity contribution < 1.29 is 14.3 Å². The molecule has 2 atom stereocenters. The van der Waals surface area contributed by atoms with Crippen molar-refractivity contribution in [3.05, 3.63) is 36.5 Å². The van der Waals surface area contributed by atoms with Gasteiger partial charge in [-0.05, 0) is 18.1 Å². The highest BCUT2D eigenvalue weighted by atomic mass is 16.6. The molecular formula is C11H10O3. The molecule has 3 nitrogen and oxygen atoms in total. The van der Waals surface area contributed by atoms with Gasteiger partial charge in [-0.2, -0.15) is 0 Å². The van der Waals surface area contributed by atoms with Crippen molar-refractivity contribution in [3.8, 4) is 0 Å². The van der Waals surface area contributed by atoms with E-state index in [4.69, 9.17) is 0 Å². The first-order valence-corrected chi connectivity index (χ1v) is 4.30. The summed E-state index contributed by atoms with van der Waals surface area (Å²) in [6.45, 7) is 9.18. The van der Waals surface area contributed by atoms with Crippen LogP contribution in [0.2, 0.25) is 0 Å². The van der Waals surface area contributed by atoms with Crippen molar-refractivity contribution in [1.82, 2.24) is 0 Å². The molecule has 0 N–H and O–H groups in total. The maximum atomic E-state index is 11.4. The fraction of sp³-hybridized carbons (Fsp3) is 0.273. The van der Waals surface area contributed by atoms with Crippen LogP contribution in [0, 0.1) is 11.3 Å². The fourth-order valence-corrected chi connectivity index (χ4v) is 1.86. The smallest absolute Gasteiger partial charge is 0.324 e. The average Bonchev–Trinajstić information content (AvgIpc) is 2.33. The number of allylic oxidation sites excluding steroid dienone is 2. The minimum absolute atomic E-state index is 0.502. The lowest BCUT2D eigenvalue weighted by atomic mass is 9.70. The highest BCUT2D eigenvalue weighted by Gasteiger charge is 2.55. The molecule has 0 bridgehead atoms. The summed E-state index contributed by atoms with van der Waals surface area (Å²) in [4.78, 5) is 22.8. The van der Waals surface area contributed by atoms with E-state index in [-0.39, 0.29) is 0 Å². The second kappa shape index (κ2) is 2.44. The topological polar surface area (TPSA) is 43.4 Å². The molecule has 1 aliphatic heterocycles. The monoisotopic (exact) mass is 190 g/mol. The van der Waals surface area contributed by atoms with Crippen LogP contribution in [0.3, 0.4) is 0 Å². The lowest BCUT2D eigenvalue weighted by Crippen LogP contribution is -2.32. The summed E-state index contributed by atoms with van der Waals surface area (Å²) in [5, 5.41) is 0. The van der Waals surface area contributed by atoms with Gasteiger partial charge in [0.1, 0.15) is 11.3 Å². The third-order valence-electron chi connectivity index (χ3n) is 2.86. The van der Waals surface area contributed by atoms with E-state index >= 15 is 0 Å². The molecule has 0 radical (unpaired) electrons. The molecule has 3 heteroatoms. The predicted octanol–water partition coefficient (Wildman–Crippen LogP) is 1.37. The molecule has 2 rings (SSSR count). The summed E-state index contributed by atoms with van der Waals surface area (Å²) >= 11 is 0. The van der Waals surface area contributed by atoms with Crippen molar-refractivity contribution in [2.75, 3.05) is 0 Å². The molecule has 0 aromatic carbocycles. The van der Waals surface area contributed by atoms with Crippen LogP contribution in [-0.2, 0) is 14.3 Å². The first kappa shape index (κ1) is 8.94. The maximum Gasteiger partial charge on any atom is 0.324 e. The van der Waals surface area contributed by atoms with Crippen molar-refractivity contribution in [3.63, 3.8) is 0 Å². The van der Waals surface area contributed by atoms with Crippen molar-refractivity contribution >= 4 is 11.9 Å². The Balaban J connectivity index is 2.59. The van der Waals surface area contributed by atoms with Gasteiger partial charge in [-0.15, -0.1) is 0 Å². The van der Waals surface area contributed by atoms with E-state index in [1.54, 1.807) is 19.1 Å². The van der Waals surface area contributed by atoms with Gasteiger partial charge in [-0.1, -0.05) is 25.3 Å². The minimum Gasteiger partial charge on any atom is -0.392 e. The van der Waals surface area contributed by atoms with Gasteiger partial charge in [0, 0.05) is 0 Å². The van der Waals surface area contributed by atoms with Gasteiger partial charge in [-0.3, -0.25) is 9.59 Å². The Morgan fingerprint density at radius 1 is 1.43 bits per heavy atom. The highest BCUT2D eigenvalue weighted by molar-refractivity contribution is 6.03. The summed E-state index contributed by atoms with van der Waals surface area (Å²) in [5.74, 6) is -1.61. The third-order valence-corrected chi connectivity index (χ3v) is 2.86. The van der Waals surface area contributed by atoms with Gasteiger partial charge in [-0.25, -0.2) is 0 Å². The largest absolute Gasteiger partial charge is 0.392 e. The van der Waals surface area contributed by atoms with Crippen LogP contribution in [0.4, 0.5) is 0 Å². The standard InChI is InChI=1S/C11H10O3/c1-6-4-5-11(3)8(7(6)2)9(12)14-10(11)13/h4-5,8H,1-2H2,3H3. The van der Waals surface area contributed by atoms with E-state index < -0.39 is 23.3 Å². The van der Waals surface area contributed by atoms with Gasteiger partial charge < -0.3 is 4.74 Å². The number of cyclic esters (lactones) is 2. The van der Waals surface area contributed by atoms with Crippen LogP contribution < -0.4 is 0 Å². The molecule has 1 heterocycles. The molecule has 0 saturated carbocycles. The number of esters is 2. The molecule has 0 aromatic rings. The fourth-order valence-electron chi connectivity index (χ4n) is 1.86. The van der Waals surface area contributed by atoms with Gasteiger partial charge in [0.2, 0.25) is 0 Å². The molecular weight excluding hydrogens is 180 g/mol. The minimum atomic E-state index is -0.880. The lowest BCUT2D eigenvalue weighted by molar-refractivity contribution is -0.154. The number of hydrogen-bond acceptors (Lipinski definition) is 3. The number of fused-ring (bicyclic) bond motifs is 1. The quantitative estimate of drug-likeness (QED) is 0.428. The zero-order valence-electron chi connectivity index (χ0n) is 7.87. The number of carbonyl (C=O) groups is 2. The van der Waals surface area contributed by atoms with Crippen molar-refractivity contribution in [2.24, 2.45) is 11.3 Å². The first-order chi connectivity index (χ1) is 6.47. The number of rotatable bonds is 0. The average molecular weight is 190 g/mol. The molecule has 2 aliphatic rings. The van der Waals surface area contributed by atoms with E-state index in [9.17, 15) is 9.59 Å². The third kappa shape index (κ3) is 0.867. The lowest BCUT2D eigenvalue weighted by Gasteiger charge is -2.27. The molecule has 0 amide bonds. The van der Waals surface area contributed by atoms with Crippen molar-refractivity contribution in [2.45, 2.75) is 6.92 Å². The van der Waals surface area contributed by atoms with Crippen LogP contribution in [0.5, 0.6) is 0 Å². The summed E-state index contributed by atoms with van der Waals surface area (Å²) in [7, 11) is 0. The summed E-state index contributed by atoms with van der Waals surface area (Å²) in [6.07, 6.45) is 3.38. The van der Waals surface area contributed by atoms with Crippen LogP contribution in [0.25, 0.3) is 0 Å². The van der Waals surface area contributed by atoms with E-state index in [0.717, 1.165) is 0 Å². The molecule has 72 valence electrons. The molecule has 1 fully saturated rings. The van der Waals surface area contributed by atoms with Crippen LogP contribution in [0.1, 0.15) is 6.92 Å². The van der Waals surface area contributed by atoms with Crippen molar-refractivity contribution in [1.29, 1.82) is 0 Å². The maximum absolute atomic E-state index is 11.4. The van der Waals surface area contributed by atoms with E-state index in [1.807, 2.05) is 0 Å². The predicted molar refractivity (Wildman–Crippen MR) is 50.1 cm³/mol. The second-order valence-corrected chi connectivity index (χ2v) is 3.81. The summed E-state index contributed by atoms with van der Waals surface area (Å²) in [6, 6.07) is 0. The van der Waals surface area contributed by atoms with Crippen LogP contribution >= 0.6 is 0 Å². The van der Waals surface area contributed by atoms with E-state index in [2.05, 4.69) is 17.9 Å². The molecule has 1 aliphatic carbocycles. The normalized spacial score (nSPS) is 35.9. The Morgan fingerprint density at radius 3 is 2.71 bits per heavy atom. The highest BCUT2D eigenvalue weighted by Crippen LogP contribution is 2.46. The zero-order valence-corrected chi connectivity index (χ0v) is 7.87. The SMILES string of the molecule is C=C1C=CC2(C)C(=O)OC(=O)C2C1=C. The molecule has 2 unspecified atom stereocenters. The Morgan fingerprint density at radius 2 is 2.07 bits per heavy atom. The van der Waals surface area contributed by atoms with Gasteiger partial charge in [0.05, 0.1) is 0 Å². The molecule has 0 aromatic heterocycles. The number of carbonyl (C=O) groups excluding carboxylic acids is 2. The summed E-state index contributed by atoms with van der Waals surface area (Å²) < 4.78 is 4.60. The zero-order chi connectivity index (χ0) is 10.5. The van der Waals surface area contributed by atoms with Gasteiger partial charge in [0.15, 0.2) is 0 Å².